The lowest BCUT2D eigenvalue weighted by molar-refractivity contribution is -0.146. The van der Waals surface area contributed by atoms with Crippen molar-refractivity contribution in [3.63, 3.8) is 0 Å². The summed E-state index contributed by atoms with van der Waals surface area (Å²) in [4.78, 5) is 25.5. The standard InChI is InChI=1S/C14H26N2O4/c1-4-11(2)13-14(18)16(10-12(17)15-13)6-9-20-8-5-7-19-3/h11,13H,4-10H2,1-3H3,(H,15,17). The van der Waals surface area contributed by atoms with Crippen molar-refractivity contribution in [3.05, 3.63) is 0 Å². The zero-order valence-electron chi connectivity index (χ0n) is 12.7. The van der Waals surface area contributed by atoms with Gasteiger partial charge in [0.05, 0.1) is 13.2 Å². The summed E-state index contributed by atoms with van der Waals surface area (Å²) in [7, 11) is 1.65. The van der Waals surface area contributed by atoms with Gasteiger partial charge in [0.2, 0.25) is 11.8 Å². The van der Waals surface area contributed by atoms with Crippen LogP contribution < -0.4 is 5.32 Å². The molecule has 6 nitrogen and oxygen atoms in total. The Bertz CT molecular complexity index is 322. The molecule has 0 bridgehead atoms. The number of piperazine rings is 1. The Morgan fingerprint density at radius 1 is 1.35 bits per heavy atom. The summed E-state index contributed by atoms with van der Waals surface area (Å²) in [5.41, 5.74) is 0. The highest BCUT2D eigenvalue weighted by Crippen LogP contribution is 2.14. The van der Waals surface area contributed by atoms with Crippen molar-refractivity contribution in [1.29, 1.82) is 0 Å². The van der Waals surface area contributed by atoms with Crippen LogP contribution in [0.25, 0.3) is 0 Å². The summed E-state index contributed by atoms with van der Waals surface area (Å²) < 4.78 is 10.4. The lowest BCUT2D eigenvalue weighted by Gasteiger charge is -2.35. The van der Waals surface area contributed by atoms with E-state index in [9.17, 15) is 9.59 Å². The van der Waals surface area contributed by atoms with E-state index in [0.29, 0.717) is 26.4 Å². The summed E-state index contributed by atoms with van der Waals surface area (Å²) >= 11 is 0. The lowest BCUT2D eigenvalue weighted by atomic mass is 9.96. The Labute approximate surface area is 120 Å². The Balaban J connectivity index is 2.36. The largest absolute Gasteiger partial charge is 0.385 e. The molecule has 0 saturated carbocycles. The van der Waals surface area contributed by atoms with Crippen molar-refractivity contribution in [2.75, 3.05) is 40.0 Å². The maximum atomic E-state index is 12.3. The summed E-state index contributed by atoms with van der Waals surface area (Å²) in [6, 6.07) is -0.394. The van der Waals surface area contributed by atoms with E-state index in [4.69, 9.17) is 9.47 Å². The number of amides is 2. The Morgan fingerprint density at radius 2 is 2.10 bits per heavy atom. The number of carbonyl (C=O) groups excluding carboxylic acids is 2. The first-order valence-corrected chi connectivity index (χ1v) is 7.25. The van der Waals surface area contributed by atoms with E-state index in [2.05, 4.69) is 5.32 Å². The van der Waals surface area contributed by atoms with Crippen molar-refractivity contribution in [3.8, 4) is 0 Å². The predicted molar refractivity (Wildman–Crippen MR) is 75.3 cm³/mol. The molecule has 2 unspecified atom stereocenters. The monoisotopic (exact) mass is 286 g/mol. The van der Waals surface area contributed by atoms with E-state index >= 15 is 0 Å². The zero-order valence-corrected chi connectivity index (χ0v) is 12.7. The van der Waals surface area contributed by atoms with Crippen molar-refractivity contribution in [2.24, 2.45) is 5.92 Å². The van der Waals surface area contributed by atoms with E-state index in [1.165, 1.54) is 0 Å². The lowest BCUT2D eigenvalue weighted by Crippen LogP contribution is -2.60. The first kappa shape index (κ1) is 16.9. The molecule has 0 aliphatic carbocycles. The van der Waals surface area contributed by atoms with Gasteiger partial charge in [-0.25, -0.2) is 0 Å². The van der Waals surface area contributed by atoms with Crippen LogP contribution in [0.3, 0.4) is 0 Å². The molecular weight excluding hydrogens is 260 g/mol. The van der Waals surface area contributed by atoms with Gasteiger partial charge in [0, 0.05) is 26.9 Å². The van der Waals surface area contributed by atoms with Gasteiger partial charge < -0.3 is 19.7 Å². The van der Waals surface area contributed by atoms with Gasteiger partial charge in [0.15, 0.2) is 0 Å². The van der Waals surface area contributed by atoms with Crippen LogP contribution in [0.15, 0.2) is 0 Å². The highest BCUT2D eigenvalue weighted by atomic mass is 16.5. The van der Waals surface area contributed by atoms with Crippen LogP contribution in [0.2, 0.25) is 0 Å². The third kappa shape index (κ3) is 5.09. The van der Waals surface area contributed by atoms with Crippen LogP contribution in [0, 0.1) is 5.92 Å². The van der Waals surface area contributed by atoms with E-state index in [1.54, 1.807) is 12.0 Å². The number of carbonyl (C=O) groups is 2. The average Bonchev–Trinajstić information content (AvgIpc) is 2.44. The Kier molecular flexibility index (Phi) is 7.54. The summed E-state index contributed by atoms with van der Waals surface area (Å²) in [5.74, 6) is 0.0607. The van der Waals surface area contributed by atoms with Gasteiger partial charge in [0.25, 0.3) is 0 Å². The van der Waals surface area contributed by atoms with Crippen LogP contribution in [0.4, 0.5) is 0 Å². The quantitative estimate of drug-likeness (QED) is 0.624. The van der Waals surface area contributed by atoms with Crippen molar-refractivity contribution in [2.45, 2.75) is 32.7 Å². The molecule has 0 radical (unpaired) electrons. The van der Waals surface area contributed by atoms with E-state index in [-0.39, 0.29) is 24.3 Å². The minimum absolute atomic E-state index is 0.000517. The number of hydrogen-bond acceptors (Lipinski definition) is 4. The summed E-state index contributed by atoms with van der Waals surface area (Å²) in [6.45, 7) is 6.32. The Hall–Kier alpha value is -1.14. The number of nitrogens with zero attached hydrogens (tertiary/aromatic N) is 1. The van der Waals surface area contributed by atoms with E-state index in [0.717, 1.165) is 12.8 Å². The van der Waals surface area contributed by atoms with Crippen LogP contribution in [0.5, 0.6) is 0 Å². The SMILES string of the molecule is CCC(C)C1NC(=O)CN(CCOCCCOC)C1=O. The van der Waals surface area contributed by atoms with Crippen molar-refractivity contribution >= 4 is 11.8 Å². The van der Waals surface area contributed by atoms with Crippen LogP contribution in [-0.2, 0) is 19.1 Å². The number of hydrogen-bond donors (Lipinski definition) is 1. The molecule has 6 heteroatoms. The smallest absolute Gasteiger partial charge is 0.245 e. The van der Waals surface area contributed by atoms with Crippen LogP contribution in [0.1, 0.15) is 26.7 Å². The number of methoxy groups -OCH3 is 1. The second-order valence-corrected chi connectivity index (χ2v) is 5.15. The average molecular weight is 286 g/mol. The second-order valence-electron chi connectivity index (χ2n) is 5.15. The summed E-state index contributed by atoms with van der Waals surface area (Å²) in [6.07, 6.45) is 1.69. The number of rotatable bonds is 9. The molecule has 1 aliphatic rings. The molecule has 116 valence electrons. The molecule has 0 spiro atoms. The van der Waals surface area contributed by atoms with Gasteiger partial charge in [-0.05, 0) is 12.3 Å². The molecule has 0 aromatic rings. The minimum Gasteiger partial charge on any atom is -0.385 e. The Morgan fingerprint density at radius 3 is 2.75 bits per heavy atom. The van der Waals surface area contributed by atoms with Gasteiger partial charge in [-0.3, -0.25) is 9.59 Å². The zero-order chi connectivity index (χ0) is 15.0. The summed E-state index contributed by atoms with van der Waals surface area (Å²) in [5, 5.41) is 2.78. The first-order chi connectivity index (χ1) is 9.60. The normalized spacial score (nSPS) is 20.9. The van der Waals surface area contributed by atoms with Crippen LogP contribution >= 0.6 is 0 Å². The van der Waals surface area contributed by atoms with Gasteiger partial charge in [-0.2, -0.15) is 0 Å². The molecule has 1 rings (SSSR count). The van der Waals surface area contributed by atoms with Gasteiger partial charge >= 0.3 is 0 Å². The molecule has 0 aromatic carbocycles. The fourth-order valence-electron chi connectivity index (χ4n) is 2.12. The molecule has 1 fully saturated rings. The predicted octanol–water partition coefficient (Wildman–Crippen LogP) is 0.413. The van der Waals surface area contributed by atoms with Gasteiger partial charge in [-0.1, -0.05) is 20.3 Å². The second kappa shape index (κ2) is 8.92. The van der Waals surface area contributed by atoms with Crippen molar-refractivity contribution in [1.82, 2.24) is 10.2 Å². The molecule has 1 heterocycles. The fourth-order valence-corrected chi connectivity index (χ4v) is 2.12. The van der Waals surface area contributed by atoms with E-state index < -0.39 is 6.04 Å². The molecule has 1 aliphatic heterocycles. The molecule has 1 saturated heterocycles. The maximum absolute atomic E-state index is 12.3. The van der Waals surface area contributed by atoms with E-state index in [1.807, 2.05) is 13.8 Å². The molecule has 0 aromatic heterocycles. The maximum Gasteiger partial charge on any atom is 0.245 e. The third-order valence-electron chi connectivity index (χ3n) is 3.58. The van der Waals surface area contributed by atoms with Gasteiger partial charge in [0.1, 0.15) is 6.04 Å². The molecule has 1 N–H and O–H groups in total. The van der Waals surface area contributed by atoms with Gasteiger partial charge in [-0.15, -0.1) is 0 Å². The van der Waals surface area contributed by atoms with Crippen LogP contribution in [-0.4, -0.2) is 62.8 Å². The molecular formula is C14H26N2O4. The molecule has 2 atom stereocenters. The number of ether oxygens (including phenoxy) is 2. The fraction of sp³-hybridized carbons (Fsp3) is 0.857. The van der Waals surface area contributed by atoms with Crippen molar-refractivity contribution < 1.29 is 19.1 Å². The minimum atomic E-state index is -0.394. The number of nitrogens with one attached hydrogen (secondary N) is 1. The topological polar surface area (TPSA) is 67.9 Å². The molecule has 2 amide bonds. The molecule has 20 heavy (non-hydrogen) atoms. The first-order valence-electron chi connectivity index (χ1n) is 7.25. The third-order valence-corrected chi connectivity index (χ3v) is 3.58. The highest BCUT2D eigenvalue weighted by molar-refractivity contribution is 5.95. The highest BCUT2D eigenvalue weighted by Gasteiger charge is 2.34.